The van der Waals surface area contributed by atoms with Crippen molar-refractivity contribution in [3.8, 4) is 0 Å². The van der Waals surface area contributed by atoms with Crippen molar-refractivity contribution in [3.05, 3.63) is 6.61 Å². The fourth-order valence-corrected chi connectivity index (χ4v) is 0.284. The van der Waals surface area contributed by atoms with E-state index >= 15 is 0 Å². The molecule has 0 aromatic carbocycles. The van der Waals surface area contributed by atoms with Crippen LogP contribution in [0.15, 0.2) is 0 Å². The Morgan fingerprint density at radius 3 is 2.25 bits per heavy atom. The second-order valence-electron chi connectivity index (χ2n) is 2.18. The predicted octanol–water partition coefficient (Wildman–Crippen LogP) is 1.39. The topological polar surface area (TPSA) is 29.1 Å². The quantitative estimate of drug-likeness (QED) is 0.548. The molecule has 2 heteroatoms. The van der Waals surface area contributed by atoms with Gasteiger partial charge in [-0.05, 0) is 20.8 Å². The minimum Gasteiger partial charge on any atom is -0.373 e. The molecule has 0 amide bonds. The van der Waals surface area contributed by atoms with Crippen LogP contribution in [0.4, 0.5) is 0 Å². The molecule has 0 unspecified atom stereocenters. The van der Waals surface area contributed by atoms with Crippen LogP contribution in [0.2, 0.25) is 0 Å². The van der Waals surface area contributed by atoms with Gasteiger partial charge in [-0.3, -0.25) is 0 Å². The van der Waals surface area contributed by atoms with Crippen molar-refractivity contribution in [1.82, 2.24) is 0 Å². The van der Waals surface area contributed by atoms with E-state index in [1.165, 1.54) is 6.61 Å². The molecule has 2 nitrogen and oxygen atoms in total. The van der Waals surface area contributed by atoms with Crippen LogP contribution < -0.4 is 0 Å². The highest BCUT2D eigenvalue weighted by Crippen LogP contribution is 2.06. The lowest BCUT2D eigenvalue weighted by Crippen LogP contribution is -2.18. The van der Waals surface area contributed by atoms with Gasteiger partial charge in [0.2, 0.25) is 0 Å². The molecular formula is C6H12O2. The highest BCUT2D eigenvalue weighted by Gasteiger charge is 2.14. The van der Waals surface area contributed by atoms with Crippen LogP contribution in [0.1, 0.15) is 20.8 Å². The first-order valence-corrected chi connectivity index (χ1v) is 2.72. The molecule has 0 saturated carbocycles. The van der Waals surface area contributed by atoms with E-state index in [2.05, 4.69) is 0 Å². The monoisotopic (exact) mass is 116 g/mol. The van der Waals surface area contributed by atoms with E-state index < -0.39 is 5.60 Å². The van der Waals surface area contributed by atoms with Gasteiger partial charge in [0, 0.05) is 6.61 Å². The second kappa shape index (κ2) is 3.05. The summed E-state index contributed by atoms with van der Waals surface area (Å²) in [5.74, 6) is 0. The Hall–Kier alpha value is -0.0800. The Morgan fingerprint density at radius 2 is 2.12 bits per heavy atom. The summed E-state index contributed by atoms with van der Waals surface area (Å²) in [6.45, 7) is 6.85. The average molecular weight is 116 g/mol. The molecule has 0 N–H and O–H groups in total. The lowest BCUT2D eigenvalue weighted by atomic mass is 10.2. The van der Waals surface area contributed by atoms with E-state index in [4.69, 9.17) is 4.74 Å². The molecule has 0 aliphatic rings. The predicted molar refractivity (Wildman–Crippen MR) is 30.7 cm³/mol. The SMILES string of the molecule is CCO[CH]C(C)(C)[O]. The van der Waals surface area contributed by atoms with Crippen molar-refractivity contribution in [1.29, 1.82) is 0 Å². The van der Waals surface area contributed by atoms with Crippen LogP contribution in [-0.4, -0.2) is 12.2 Å². The lowest BCUT2D eigenvalue weighted by molar-refractivity contribution is -0.0219. The highest BCUT2D eigenvalue weighted by molar-refractivity contribution is 4.74. The summed E-state index contributed by atoms with van der Waals surface area (Å²) in [6, 6.07) is 0. The van der Waals surface area contributed by atoms with Crippen molar-refractivity contribution in [2.75, 3.05) is 6.61 Å². The molecule has 0 saturated heterocycles. The summed E-state index contributed by atoms with van der Waals surface area (Å²) < 4.78 is 4.76. The third kappa shape index (κ3) is 5.92. The number of hydrogen-bond acceptors (Lipinski definition) is 1. The van der Waals surface area contributed by atoms with Gasteiger partial charge < -0.3 is 4.74 Å². The molecule has 0 atom stereocenters. The molecule has 0 bridgehead atoms. The molecule has 0 aromatic rings. The first-order chi connectivity index (χ1) is 3.56. The molecule has 0 heterocycles. The van der Waals surface area contributed by atoms with Crippen LogP contribution in [-0.2, 0) is 9.84 Å². The zero-order chi connectivity index (χ0) is 6.62. The maximum absolute atomic E-state index is 10.7. The van der Waals surface area contributed by atoms with E-state index in [1.807, 2.05) is 6.92 Å². The van der Waals surface area contributed by atoms with E-state index in [0.29, 0.717) is 6.61 Å². The number of hydrogen-bond donors (Lipinski definition) is 0. The van der Waals surface area contributed by atoms with Gasteiger partial charge in [-0.25, -0.2) is 5.11 Å². The maximum atomic E-state index is 10.7. The van der Waals surface area contributed by atoms with E-state index in [9.17, 15) is 5.11 Å². The number of ether oxygens (including phenoxy) is 1. The Bertz CT molecular complexity index is 54.0. The summed E-state index contributed by atoms with van der Waals surface area (Å²) in [6.07, 6.45) is 0. The average Bonchev–Trinajstić information content (AvgIpc) is 1.59. The van der Waals surface area contributed by atoms with E-state index in [-0.39, 0.29) is 0 Å². The first-order valence-electron chi connectivity index (χ1n) is 2.72. The van der Waals surface area contributed by atoms with Crippen LogP contribution in [0.3, 0.4) is 0 Å². The third-order valence-corrected chi connectivity index (χ3v) is 0.534. The first kappa shape index (κ1) is 7.92. The molecule has 0 aliphatic carbocycles. The molecule has 8 heavy (non-hydrogen) atoms. The molecule has 0 rings (SSSR count). The molecular weight excluding hydrogens is 104 g/mol. The zero-order valence-electron chi connectivity index (χ0n) is 5.60. The molecule has 0 aromatic heterocycles. The maximum Gasteiger partial charge on any atom is 0.127 e. The van der Waals surface area contributed by atoms with Crippen molar-refractivity contribution in [2.45, 2.75) is 26.4 Å². The fraction of sp³-hybridized carbons (Fsp3) is 0.833. The largest absolute Gasteiger partial charge is 0.373 e. The van der Waals surface area contributed by atoms with Gasteiger partial charge in [-0.2, -0.15) is 0 Å². The third-order valence-electron chi connectivity index (χ3n) is 0.534. The van der Waals surface area contributed by atoms with Crippen LogP contribution >= 0.6 is 0 Å². The van der Waals surface area contributed by atoms with E-state index in [1.54, 1.807) is 13.8 Å². The summed E-state index contributed by atoms with van der Waals surface area (Å²) in [7, 11) is 0. The van der Waals surface area contributed by atoms with Gasteiger partial charge in [0.25, 0.3) is 0 Å². The smallest absolute Gasteiger partial charge is 0.127 e. The normalized spacial score (nSPS) is 12.0. The number of rotatable bonds is 3. The van der Waals surface area contributed by atoms with Gasteiger partial charge in [-0.15, -0.1) is 0 Å². The minimum atomic E-state index is -1.05. The van der Waals surface area contributed by atoms with Gasteiger partial charge in [0.15, 0.2) is 0 Å². The molecule has 0 spiro atoms. The molecule has 2 radical (unpaired) electrons. The van der Waals surface area contributed by atoms with Gasteiger partial charge in [-0.1, -0.05) is 0 Å². The summed E-state index contributed by atoms with van der Waals surface area (Å²) in [4.78, 5) is 0. The van der Waals surface area contributed by atoms with Crippen LogP contribution in [0.5, 0.6) is 0 Å². The summed E-state index contributed by atoms with van der Waals surface area (Å²) >= 11 is 0. The summed E-state index contributed by atoms with van der Waals surface area (Å²) in [5.41, 5.74) is -1.05. The highest BCUT2D eigenvalue weighted by atomic mass is 16.5. The minimum absolute atomic E-state index is 0.575. The van der Waals surface area contributed by atoms with Gasteiger partial charge in [0.1, 0.15) is 12.2 Å². The Morgan fingerprint density at radius 1 is 1.62 bits per heavy atom. The van der Waals surface area contributed by atoms with Crippen molar-refractivity contribution in [3.63, 3.8) is 0 Å². The fourth-order valence-electron chi connectivity index (χ4n) is 0.284. The Kier molecular flexibility index (Phi) is 3.02. The van der Waals surface area contributed by atoms with Crippen LogP contribution in [0.25, 0.3) is 0 Å². The standard InChI is InChI=1S/C6H12O2/c1-4-8-5-6(2,3)7/h5H,4H2,1-3H3. The Balaban J connectivity index is 3.11. The van der Waals surface area contributed by atoms with Gasteiger partial charge >= 0.3 is 0 Å². The molecule has 0 aliphatic heterocycles. The van der Waals surface area contributed by atoms with Crippen molar-refractivity contribution >= 4 is 0 Å². The molecule has 0 fully saturated rings. The van der Waals surface area contributed by atoms with Crippen molar-refractivity contribution in [2.24, 2.45) is 0 Å². The Labute approximate surface area is 50.5 Å². The van der Waals surface area contributed by atoms with E-state index in [0.717, 1.165) is 0 Å². The zero-order valence-corrected chi connectivity index (χ0v) is 5.60. The van der Waals surface area contributed by atoms with Gasteiger partial charge in [0.05, 0.1) is 0 Å². The lowest BCUT2D eigenvalue weighted by Gasteiger charge is -2.11. The van der Waals surface area contributed by atoms with Crippen molar-refractivity contribution < 1.29 is 9.84 Å². The molecule has 48 valence electrons. The summed E-state index contributed by atoms with van der Waals surface area (Å²) in [5, 5.41) is 10.7. The second-order valence-corrected chi connectivity index (χ2v) is 2.18. The van der Waals surface area contributed by atoms with Crippen LogP contribution in [0, 0.1) is 6.61 Å².